The van der Waals surface area contributed by atoms with Crippen molar-refractivity contribution in [2.24, 2.45) is 0 Å². The average molecular weight is 348 g/mol. The lowest BCUT2D eigenvalue weighted by atomic mass is 10.1. The highest BCUT2D eigenvalue weighted by molar-refractivity contribution is 5.92. The fourth-order valence-corrected chi connectivity index (χ4v) is 2.45. The molecule has 3 rings (SSSR count). The van der Waals surface area contributed by atoms with E-state index in [9.17, 15) is 18.4 Å². The SMILES string of the molecule is CN1C(=O)OCc2c(F)c(NC(=O)OCc3ccccc3)cc(F)c21. The molecule has 0 bridgehead atoms. The number of benzene rings is 2. The topological polar surface area (TPSA) is 67.9 Å². The molecule has 0 aromatic heterocycles. The fourth-order valence-electron chi connectivity index (χ4n) is 2.45. The van der Waals surface area contributed by atoms with Gasteiger partial charge in [-0.25, -0.2) is 18.4 Å². The van der Waals surface area contributed by atoms with Crippen LogP contribution >= 0.6 is 0 Å². The van der Waals surface area contributed by atoms with Crippen molar-refractivity contribution in [2.75, 3.05) is 17.3 Å². The molecule has 1 N–H and O–H groups in total. The van der Waals surface area contributed by atoms with Crippen LogP contribution in [0.15, 0.2) is 36.4 Å². The Morgan fingerprint density at radius 3 is 2.76 bits per heavy atom. The van der Waals surface area contributed by atoms with Crippen molar-refractivity contribution in [3.8, 4) is 0 Å². The predicted molar refractivity (Wildman–Crippen MR) is 85.2 cm³/mol. The van der Waals surface area contributed by atoms with Crippen LogP contribution in [0.25, 0.3) is 0 Å². The van der Waals surface area contributed by atoms with Gasteiger partial charge in [-0.2, -0.15) is 0 Å². The van der Waals surface area contributed by atoms with E-state index in [2.05, 4.69) is 5.32 Å². The van der Waals surface area contributed by atoms with Gasteiger partial charge in [0.1, 0.15) is 19.0 Å². The third kappa shape index (κ3) is 3.37. The number of anilines is 2. The lowest BCUT2D eigenvalue weighted by molar-refractivity contribution is 0.141. The Balaban J connectivity index is 1.76. The minimum atomic E-state index is -0.928. The highest BCUT2D eigenvalue weighted by Gasteiger charge is 2.30. The van der Waals surface area contributed by atoms with Crippen LogP contribution in [0.2, 0.25) is 0 Å². The standard InChI is InChI=1S/C17H14F2N2O4/c1-21-15-11(9-25-17(21)23)14(19)13(7-12(15)18)20-16(22)24-8-10-5-3-2-4-6-10/h2-7H,8-9H2,1H3,(H,20,22). The first kappa shape index (κ1) is 16.7. The first-order chi connectivity index (χ1) is 12.0. The number of hydrogen-bond acceptors (Lipinski definition) is 4. The Bertz CT molecular complexity index is 827. The van der Waals surface area contributed by atoms with Crippen LogP contribution in [0.4, 0.5) is 29.7 Å². The van der Waals surface area contributed by atoms with Crippen molar-refractivity contribution < 1.29 is 27.8 Å². The number of amides is 2. The van der Waals surface area contributed by atoms with Crippen molar-refractivity contribution in [2.45, 2.75) is 13.2 Å². The van der Waals surface area contributed by atoms with Gasteiger partial charge in [0.25, 0.3) is 0 Å². The van der Waals surface area contributed by atoms with E-state index in [0.717, 1.165) is 16.5 Å². The number of fused-ring (bicyclic) bond motifs is 1. The second-order valence-corrected chi connectivity index (χ2v) is 5.35. The van der Waals surface area contributed by atoms with Crippen LogP contribution in [-0.2, 0) is 22.7 Å². The maximum atomic E-state index is 14.5. The van der Waals surface area contributed by atoms with Crippen molar-refractivity contribution in [3.05, 3.63) is 59.2 Å². The average Bonchev–Trinajstić information content (AvgIpc) is 2.61. The summed E-state index contributed by atoms with van der Waals surface area (Å²) in [7, 11) is 1.27. The molecule has 25 heavy (non-hydrogen) atoms. The van der Waals surface area contributed by atoms with E-state index < -0.39 is 30.4 Å². The molecule has 6 nitrogen and oxygen atoms in total. The third-order valence-corrected chi connectivity index (χ3v) is 3.68. The summed E-state index contributed by atoms with van der Waals surface area (Å²) in [4.78, 5) is 24.1. The zero-order valence-electron chi connectivity index (χ0n) is 13.2. The summed E-state index contributed by atoms with van der Waals surface area (Å²) >= 11 is 0. The van der Waals surface area contributed by atoms with E-state index in [1.54, 1.807) is 24.3 Å². The molecule has 1 aliphatic heterocycles. The number of nitrogens with zero attached hydrogens (tertiary/aromatic N) is 1. The normalized spacial score (nSPS) is 13.1. The van der Waals surface area contributed by atoms with E-state index in [1.165, 1.54) is 7.05 Å². The molecule has 2 aromatic carbocycles. The Labute approximate surface area is 141 Å². The molecule has 0 radical (unpaired) electrons. The van der Waals surface area contributed by atoms with Gasteiger partial charge in [0.05, 0.1) is 16.9 Å². The van der Waals surface area contributed by atoms with Crippen LogP contribution in [0.3, 0.4) is 0 Å². The zero-order chi connectivity index (χ0) is 18.0. The maximum Gasteiger partial charge on any atom is 0.414 e. The Hall–Kier alpha value is -3.16. The number of carbonyl (C=O) groups excluding carboxylic acids is 2. The molecule has 2 aromatic rings. The maximum absolute atomic E-state index is 14.5. The van der Waals surface area contributed by atoms with Crippen molar-refractivity contribution in [1.82, 2.24) is 0 Å². The summed E-state index contributed by atoms with van der Waals surface area (Å²) in [5.41, 5.74) is 0.00125. The number of nitrogens with one attached hydrogen (secondary N) is 1. The molecular formula is C17H14F2N2O4. The van der Waals surface area contributed by atoms with E-state index in [4.69, 9.17) is 9.47 Å². The lowest BCUT2D eigenvalue weighted by Crippen LogP contribution is -2.33. The molecule has 0 unspecified atom stereocenters. The summed E-state index contributed by atoms with van der Waals surface area (Å²) in [5.74, 6) is -1.73. The summed E-state index contributed by atoms with van der Waals surface area (Å²) in [5, 5.41) is 2.16. The molecule has 130 valence electrons. The summed E-state index contributed by atoms with van der Waals surface area (Å²) < 4.78 is 38.5. The summed E-state index contributed by atoms with van der Waals surface area (Å²) in [6, 6.07) is 9.71. The van der Waals surface area contributed by atoms with Crippen LogP contribution in [0.1, 0.15) is 11.1 Å². The Morgan fingerprint density at radius 2 is 2.04 bits per heavy atom. The largest absolute Gasteiger partial charge is 0.444 e. The quantitative estimate of drug-likeness (QED) is 0.916. The minimum absolute atomic E-state index is 0.0118. The van der Waals surface area contributed by atoms with Gasteiger partial charge >= 0.3 is 12.2 Å². The molecule has 0 saturated carbocycles. The molecule has 1 aliphatic rings. The number of ether oxygens (including phenoxy) is 2. The molecule has 0 atom stereocenters. The van der Waals surface area contributed by atoms with Gasteiger partial charge in [-0.05, 0) is 5.56 Å². The zero-order valence-corrected chi connectivity index (χ0v) is 13.2. The van der Waals surface area contributed by atoms with E-state index in [-0.39, 0.29) is 23.5 Å². The number of hydrogen-bond donors (Lipinski definition) is 1. The molecule has 0 aliphatic carbocycles. The second-order valence-electron chi connectivity index (χ2n) is 5.35. The van der Waals surface area contributed by atoms with Gasteiger partial charge in [-0.15, -0.1) is 0 Å². The molecule has 0 spiro atoms. The van der Waals surface area contributed by atoms with E-state index in [1.807, 2.05) is 6.07 Å². The van der Waals surface area contributed by atoms with Crippen molar-refractivity contribution >= 4 is 23.6 Å². The highest BCUT2D eigenvalue weighted by Crippen LogP contribution is 2.35. The van der Waals surface area contributed by atoms with Gasteiger partial charge < -0.3 is 9.47 Å². The molecule has 0 fully saturated rings. The second kappa shape index (κ2) is 6.76. The Kier molecular flexibility index (Phi) is 4.51. The monoisotopic (exact) mass is 348 g/mol. The lowest BCUT2D eigenvalue weighted by Gasteiger charge is -2.27. The number of halogens is 2. The summed E-state index contributed by atoms with van der Waals surface area (Å²) in [6.45, 7) is -0.433. The molecule has 8 heteroatoms. The first-order valence-corrected chi connectivity index (χ1v) is 7.36. The summed E-state index contributed by atoms with van der Waals surface area (Å²) in [6.07, 6.45) is -1.71. The van der Waals surface area contributed by atoms with Gasteiger partial charge in [-0.3, -0.25) is 10.2 Å². The third-order valence-electron chi connectivity index (χ3n) is 3.68. The van der Waals surface area contributed by atoms with Crippen LogP contribution < -0.4 is 10.2 Å². The first-order valence-electron chi connectivity index (χ1n) is 7.36. The fraction of sp³-hybridized carbons (Fsp3) is 0.176. The van der Waals surface area contributed by atoms with Gasteiger partial charge in [0.15, 0.2) is 5.82 Å². The van der Waals surface area contributed by atoms with Gasteiger partial charge in [0, 0.05) is 13.1 Å². The molecule has 1 heterocycles. The van der Waals surface area contributed by atoms with Crippen LogP contribution in [0.5, 0.6) is 0 Å². The van der Waals surface area contributed by atoms with Crippen molar-refractivity contribution in [3.63, 3.8) is 0 Å². The smallest absolute Gasteiger partial charge is 0.414 e. The van der Waals surface area contributed by atoms with Crippen LogP contribution in [-0.4, -0.2) is 19.2 Å². The number of rotatable bonds is 3. The van der Waals surface area contributed by atoms with E-state index >= 15 is 0 Å². The number of carbonyl (C=O) groups is 2. The van der Waals surface area contributed by atoms with E-state index in [0.29, 0.717) is 0 Å². The Morgan fingerprint density at radius 1 is 1.32 bits per heavy atom. The number of cyclic esters (lactones) is 1. The molecular weight excluding hydrogens is 334 g/mol. The highest BCUT2D eigenvalue weighted by atomic mass is 19.1. The van der Waals surface area contributed by atoms with Gasteiger partial charge in [-0.1, -0.05) is 30.3 Å². The minimum Gasteiger partial charge on any atom is -0.444 e. The van der Waals surface area contributed by atoms with Gasteiger partial charge in [0.2, 0.25) is 0 Å². The molecule has 2 amide bonds. The van der Waals surface area contributed by atoms with Crippen molar-refractivity contribution in [1.29, 1.82) is 0 Å². The predicted octanol–water partition coefficient (Wildman–Crippen LogP) is 3.80. The van der Waals surface area contributed by atoms with Crippen LogP contribution in [0, 0.1) is 11.6 Å². The molecule has 0 saturated heterocycles.